The van der Waals surface area contributed by atoms with Crippen molar-refractivity contribution in [2.24, 2.45) is 0 Å². The van der Waals surface area contributed by atoms with E-state index in [1.165, 1.54) is 0 Å². The Morgan fingerprint density at radius 1 is 0.935 bits per heavy atom. The molecule has 0 bridgehead atoms. The van der Waals surface area contributed by atoms with Gasteiger partial charge in [-0.1, -0.05) is 47.5 Å². The van der Waals surface area contributed by atoms with Gasteiger partial charge in [0.1, 0.15) is 0 Å². The highest BCUT2D eigenvalue weighted by Gasteiger charge is 2.35. The molecule has 1 aliphatic heterocycles. The molecule has 0 spiro atoms. The molecule has 162 valence electrons. The molecule has 2 aromatic carbocycles. The maximum absolute atomic E-state index is 13.2. The molecule has 4 rings (SSSR count). The molecular formula is C25H26Cl2N2O2. The first kappa shape index (κ1) is 21.9. The molecule has 0 aliphatic carbocycles. The van der Waals surface area contributed by atoms with E-state index in [1.54, 1.807) is 12.1 Å². The summed E-state index contributed by atoms with van der Waals surface area (Å²) in [5.74, 6) is 0.166. The highest BCUT2D eigenvalue weighted by Crippen LogP contribution is 2.34. The second kappa shape index (κ2) is 9.47. The number of aromatic nitrogens is 1. The number of hydrogen-bond donors (Lipinski definition) is 1. The molecule has 0 radical (unpaired) electrons. The Morgan fingerprint density at radius 3 is 2.06 bits per heavy atom. The maximum atomic E-state index is 13.2. The van der Waals surface area contributed by atoms with Crippen LogP contribution in [0.25, 0.3) is 0 Å². The minimum absolute atomic E-state index is 0.0502. The normalized spacial score (nSPS) is 16.8. The highest BCUT2D eigenvalue weighted by atomic mass is 35.5. The van der Waals surface area contributed by atoms with E-state index in [9.17, 15) is 9.90 Å². The second-order valence-electron chi connectivity index (χ2n) is 8.25. The van der Waals surface area contributed by atoms with Gasteiger partial charge in [0.2, 0.25) is 5.91 Å². The zero-order valence-corrected chi connectivity index (χ0v) is 18.8. The smallest absolute Gasteiger partial charge is 0.223 e. The first-order chi connectivity index (χ1) is 14.9. The van der Waals surface area contributed by atoms with Gasteiger partial charge in [-0.15, -0.1) is 0 Å². The van der Waals surface area contributed by atoms with Crippen molar-refractivity contribution >= 4 is 29.1 Å². The van der Waals surface area contributed by atoms with Crippen LogP contribution in [0.15, 0.2) is 73.1 Å². The summed E-state index contributed by atoms with van der Waals surface area (Å²) in [6.07, 6.45) is 5.48. The van der Waals surface area contributed by atoms with Crippen LogP contribution in [0, 0.1) is 0 Å². The standard InChI is InChI=1S/C25H26Cl2N2O2/c26-22-7-3-19(4-8-22)20(18-28-13-1-2-14-28)17-24(30)29-15-11-25(31,12-16-29)21-5-9-23(27)10-6-21/h1-10,13-14,20,31H,11-12,15-18H2/t20-/m0/s1. The van der Waals surface area contributed by atoms with E-state index in [4.69, 9.17) is 23.2 Å². The molecule has 1 saturated heterocycles. The first-order valence-corrected chi connectivity index (χ1v) is 11.3. The third kappa shape index (κ3) is 5.32. The fourth-order valence-electron chi connectivity index (χ4n) is 4.28. The summed E-state index contributed by atoms with van der Waals surface area (Å²) in [6, 6.07) is 19.1. The largest absolute Gasteiger partial charge is 0.385 e. The molecule has 1 N–H and O–H groups in total. The van der Waals surface area contributed by atoms with Gasteiger partial charge in [0.05, 0.1) is 5.60 Å². The van der Waals surface area contributed by atoms with Crippen LogP contribution in [0.1, 0.15) is 36.3 Å². The van der Waals surface area contributed by atoms with Crippen LogP contribution < -0.4 is 0 Å². The van der Waals surface area contributed by atoms with Crippen LogP contribution in [0.2, 0.25) is 10.0 Å². The Balaban J connectivity index is 1.43. The number of hydrogen-bond acceptors (Lipinski definition) is 2. The number of likely N-dealkylation sites (tertiary alicyclic amines) is 1. The molecular weight excluding hydrogens is 431 g/mol. The molecule has 1 aliphatic rings. The summed E-state index contributed by atoms with van der Waals surface area (Å²) in [7, 11) is 0. The number of halogens is 2. The second-order valence-corrected chi connectivity index (χ2v) is 9.12. The van der Waals surface area contributed by atoms with E-state index in [1.807, 2.05) is 65.8 Å². The van der Waals surface area contributed by atoms with E-state index in [2.05, 4.69) is 4.57 Å². The fraction of sp³-hybridized carbons (Fsp3) is 0.320. The van der Waals surface area contributed by atoms with Crippen LogP contribution in [-0.2, 0) is 16.9 Å². The van der Waals surface area contributed by atoms with E-state index in [0.29, 0.717) is 42.4 Å². The van der Waals surface area contributed by atoms with Crippen LogP contribution >= 0.6 is 23.2 Å². The van der Waals surface area contributed by atoms with Crippen molar-refractivity contribution in [3.05, 3.63) is 94.2 Å². The molecule has 0 saturated carbocycles. The van der Waals surface area contributed by atoms with E-state index >= 15 is 0 Å². The number of carbonyl (C=O) groups is 1. The Bertz CT molecular complexity index is 993. The molecule has 6 heteroatoms. The van der Waals surface area contributed by atoms with Crippen molar-refractivity contribution in [1.82, 2.24) is 9.47 Å². The third-order valence-corrected chi connectivity index (χ3v) is 6.69. The fourth-order valence-corrected chi connectivity index (χ4v) is 4.54. The number of carbonyl (C=O) groups excluding carboxylic acids is 1. The van der Waals surface area contributed by atoms with Gasteiger partial charge in [0.25, 0.3) is 0 Å². The molecule has 1 fully saturated rings. The van der Waals surface area contributed by atoms with E-state index < -0.39 is 5.60 Å². The van der Waals surface area contributed by atoms with Gasteiger partial charge < -0.3 is 14.6 Å². The van der Waals surface area contributed by atoms with Gasteiger partial charge >= 0.3 is 0 Å². The number of piperidine rings is 1. The Morgan fingerprint density at radius 2 is 1.48 bits per heavy atom. The SMILES string of the molecule is O=C(C[C@@H](Cn1cccc1)c1ccc(Cl)cc1)N1CCC(O)(c2ccc(Cl)cc2)CC1. The predicted octanol–water partition coefficient (Wildman–Crippen LogP) is 5.48. The number of benzene rings is 2. The molecule has 2 heterocycles. The molecule has 31 heavy (non-hydrogen) atoms. The average Bonchev–Trinajstić information content (AvgIpc) is 3.28. The van der Waals surface area contributed by atoms with Gasteiger partial charge in [-0.05, 0) is 60.4 Å². The lowest BCUT2D eigenvalue weighted by atomic mass is 9.84. The van der Waals surface area contributed by atoms with Gasteiger partial charge in [0.15, 0.2) is 0 Å². The summed E-state index contributed by atoms with van der Waals surface area (Å²) in [6.45, 7) is 1.80. The monoisotopic (exact) mass is 456 g/mol. The van der Waals surface area contributed by atoms with Crippen molar-refractivity contribution in [1.29, 1.82) is 0 Å². The minimum Gasteiger partial charge on any atom is -0.385 e. The average molecular weight is 457 g/mol. The van der Waals surface area contributed by atoms with Crippen LogP contribution in [0.5, 0.6) is 0 Å². The summed E-state index contributed by atoms with van der Waals surface area (Å²) in [5.41, 5.74) is 1.04. The van der Waals surface area contributed by atoms with Gasteiger partial charge in [0, 0.05) is 54.4 Å². The van der Waals surface area contributed by atoms with Crippen molar-refractivity contribution < 1.29 is 9.90 Å². The quantitative estimate of drug-likeness (QED) is 0.533. The van der Waals surface area contributed by atoms with Crippen LogP contribution in [-0.4, -0.2) is 33.6 Å². The Hall–Kier alpha value is -2.27. The molecule has 1 atom stereocenters. The third-order valence-electron chi connectivity index (χ3n) is 6.18. The summed E-state index contributed by atoms with van der Waals surface area (Å²) >= 11 is 12.0. The highest BCUT2D eigenvalue weighted by molar-refractivity contribution is 6.30. The van der Waals surface area contributed by atoms with Gasteiger partial charge in [-0.2, -0.15) is 0 Å². The molecule has 3 aromatic rings. The van der Waals surface area contributed by atoms with Gasteiger partial charge in [-0.3, -0.25) is 4.79 Å². The van der Waals surface area contributed by atoms with Crippen LogP contribution in [0.3, 0.4) is 0 Å². The summed E-state index contributed by atoms with van der Waals surface area (Å²) in [5, 5.41) is 12.4. The Kier molecular flexibility index (Phi) is 6.71. The lowest BCUT2D eigenvalue weighted by Gasteiger charge is -2.39. The molecule has 1 amide bonds. The summed E-state index contributed by atoms with van der Waals surface area (Å²) in [4.78, 5) is 15.0. The summed E-state index contributed by atoms with van der Waals surface area (Å²) < 4.78 is 2.10. The zero-order valence-electron chi connectivity index (χ0n) is 17.3. The van der Waals surface area contributed by atoms with E-state index in [-0.39, 0.29) is 11.8 Å². The predicted molar refractivity (Wildman–Crippen MR) is 124 cm³/mol. The van der Waals surface area contributed by atoms with Crippen LogP contribution in [0.4, 0.5) is 0 Å². The van der Waals surface area contributed by atoms with Crippen molar-refractivity contribution in [3.8, 4) is 0 Å². The minimum atomic E-state index is -0.915. The number of amides is 1. The number of aliphatic hydroxyl groups is 1. The molecule has 1 aromatic heterocycles. The first-order valence-electron chi connectivity index (χ1n) is 10.6. The lowest BCUT2D eigenvalue weighted by molar-refractivity contribution is -0.136. The maximum Gasteiger partial charge on any atom is 0.223 e. The van der Waals surface area contributed by atoms with E-state index in [0.717, 1.165) is 17.7 Å². The van der Waals surface area contributed by atoms with Crippen molar-refractivity contribution in [3.63, 3.8) is 0 Å². The molecule has 4 nitrogen and oxygen atoms in total. The van der Waals surface area contributed by atoms with Crippen molar-refractivity contribution in [2.75, 3.05) is 13.1 Å². The topological polar surface area (TPSA) is 45.5 Å². The number of nitrogens with zero attached hydrogens (tertiary/aromatic N) is 2. The lowest BCUT2D eigenvalue weighted by Crippen LogP contribution is -2.45. The molecule has 0 unspecified atom stereocenters. The Labute approximate surface area is 193 Å². The number of rotatable bonds is 6. The zero-order chi connectivity index (χ0) is 21.8. The van der Waals surface area contributed by atoms with Crippen molar-refractivity contribution in [2.45, 2.75) is 37.3 Å². The van der Waals surface area contributed by atoms with Gasteiger partial charge in [-0.25, -0.2) is 0 Å².